The molecule has 1 saturated heterocycles. The Morgan fingerprint density at radius 2 is 2.00 bits per heavy atom. The fourth-order valence-electron chi connectivity index (χ4n) is 1.40. The highest BCUT2D eigenvalue weighted by molar-refractivity contribution is 7.87. The van der Waals surface area contributed by atoms with Crippen molar-refractivity contribution in [3.05, 3.63) is 0 Å². The molecule has 0 unspecified atom stereocenters. The van der Waals surface area contributed by atoms with Crippen LogP contribution in [0.2, 0.25) is 0 Å². The van der Waals surface area contributed by atoms with E-state index < -0.39 is 10.2 Å². The van der Waals surface area contributed by atoms with Gasteiger partial charge in [-0.05, 0) is 19.3 Å². The summed E-state index contributed by atoms with van der Waals surface area (Å²) in [6, 6.07) is 0. The fraction of sp³-hybridized carbons (Fsp3) is 1.00. The molecule has 84 valence electrons. The van der Waals surface area contributed by atoms with Gasteiger partial charge in [-0.3, -0.25) is 0 Å². The number of piperidine rings is 1. The van der Waals surface area contributed by atoms with Crippen LogP contribution in [-0.4, -0.2) is 43.6 Å². The molecule has 1 fully saturated rings. The maximum Gasteiger partial charge on any atom is 0.279 e. The monoisotopic (exact) mass is 222 g/mol. The van der Waals surface area contributed by atoms with E-state index in [-0.39, 0.29) is 6.10 Å². The number of rotatable bonds is 4. The van der Waals surface area contributed by atoms with Crippen LogP contribution >= 0.6 is 0 Å². The molecule has 2 N–H and O–H groups in total. The molecule has 0 aromatic heterocycles. The average molecular weight is 222 g/mol. The Labute approximate surface area is 85.3 Å². The summed E-state index contributed by atoms with van der Waals surface area (Å²) in [4.78, 5) is 0. The van der Waals surface area contributed by atoms with E-state index in [9.17, 15) is 13.5 Å². The third-order valence-corrected chi connectivity index (χ3v) is 3.91. The Morgan fingerprint density at radius 1 is 1.43 bits per heavy atom. The Balaban J connectivity index is 2.47. The second kappa shape index (κ2) is 5.06. The summed E-state index contributed by atoms with van der Waals surface area (Å²) < 4.78 is 27.1. The number of nitrogens with one attached hydrogen (secondary N) is 1. The van der Waals surface area contributed by atoms with Crippen molar-refractivity contribution in [2.75, 3.05) is 19.6 Å². The van der Waals surface area contributed by atoms with Gasteiger partial charge in [0, 0.05) is 19.6 Å². The molecule has 0 aromatic rings. The molecule has 14 heavy (non-hydrogen) atoms. The van der Waals surface area contributed by atoms with Gasteiger partial charge in [0.25, 0.3) is 10.2 Å². The second-order valence-corrected chi connectivity index (χ2v) is 5.28. The normalized spacial score (nSPS) is 21.3. The van der Waals surface area contributed by atoms with Gasteiger partial charge in [-0.2, -0.15) is 12.7 Å². The van der Waals surface area contributed by atoms with Gasteiger partial charge in [-0.1, -0.05) is 6.92 Å². The van der Waals surface area contributed by atoms with Crippen molar-refractivity contribution in [1.82, 2.24) is 9.03 Å². The third-order valence-electron chi connectivity index (χ3n) is 2.30. The molecule has 0 atom stereocenters. The van der Waals surface area contributed by atoms with E-state index in [2.05, 4.69) is 4.72 Å². The van der Waals surface area contributed by atoms with Crippen molar-refractivity contribution in [3.8, 4) is 0 Å². The molecule has 0 radical (unpaired) electrons. The van der Waals surface area contributed by atoms with Gasteiger partial charge in [0.2, 0.25) is 0 Å². The molecule has 1 aliphatic heterocycles. The van der Waals surface area contributed by atoms with Crippen LogP contribution in [0, 0.1) is 0 Å². The lowest BCUT2D eigenvalue weighted by molar-refractivity contribution is 0.112. The zero-order valence-corrected chi connectivity index (χ0v) is 9.26. The summed E-state index contributed by atoms with van der Waals surface area (Å²) >= 11 is 0. The third kappa shape index (κ3) is 3.20. The molecule has 1 rings (SSSR count). The largest absolute Gasteiger partial charge is 0.393 e. The Kier molecular flexibility index (Phi) is 4.31. The molecule has 0 saturated carbocycles. The zero-order valence-electron chi connectivity index (χ0n) is 8.44. The van der Waals surface area contributed by atoms with Crippen molar-refractivity contribution in [3.63, 3.8) is 0 Å². The van der Waals surface area contributed by atoms with E-state index in [0.717, 1.165) is 6.42 Å². The minimum atomic E-state index is -3.30. The molecule has 0 bridgehead atoms. The number of aliphatic hydroxyl groups excluding tert-OH is 1. The molecule has 0 aromatic carbocycles. The Bertz CT molecular complexity index is 258. The SMILES string of the molecule is CCCNS(=O)(=O)N1CCC(O)CC1. The van der Waals surface area contributed by atoms with E-state index in [1.165, 1.54) is 4.31 Å². The van der Waals surface area contributed by atoms with Gasteiger partial charge in [-0.25, -0.2) is 4.72 Å². The first-order valence-corrected chi connectivity index (χ1v) is 6.43. The quantitative estimate of drug-likeness (QED) is 0.685. The number of hydrogen-bond acceptors (Lipinski definition) is 3. The summed E-state index contributed by atoms with van der Waals surface area (Å²) in [7, 11) is -3.30. The molecule has 0 aliphatic carbocycles. The van der Waals surface area contributed by atoms with Crippen LogP contribution in [0.25, 0.3) is 0 Å². The Hall–Kier alpha value is -0.170. The first kappa shape index (κ1) is 11.9. The standard InChI is InChI=1S/C8H18N2O3S/c1-2-5-9-14(12,13)10-6-3-8(11)4-7-10/h8-9,11H,2-7H2,1H3. The van der Waals surface area contributed by atoms with Gasteiger partial charge in [-0.15, -0.1) is 0 Å². The van der Waals surface area contributed by atoms with E-state index in [0.29, 0.717) is 32.5 Å². The minimum Gasteiger partial charge on any atom is -0.393 e. The van der Waals surface area contributed by atoms with E-state index in [1.807, 2.05) is 6.92 Å². The fourth-order valence-corrected chi connectivity index (χ4v) is 2.74. The van der Waals surface area contributed by atoms with Crippen molar-refractivity contribution < 1.29 is 13.5 Å². The van der Waals surface area contributed by atoms with Gasteiger partial charge in [0.05, 0.1) is 6.10 Å². The lowest BCUT2D eigenvalue weighted by Gasteiger charge is -2.28. The van der Waals surface area contributed by atoms with Crippen LogP contribution in [0.1, 0.15) is 26.2 Å². The number of hydrogen-bond donors (Lipinski definition) is 2. The topological polar surface area (TPSA) is 69.6 Å². The minimum absolute atomic E-state index is 0.340. The molecule has 0 amide bonds. The smallest absolute Gasteiger partial charge is 0.279 e. The van der Waals surface area contributed by atoms with E-state index in [1.54, 1.807) is 0 Å². The van der Waals surface area contributed by atoms with E-state index in [4.69, 9.17) is 0 Å². The first-order valence-electron chi connectivity index (χ1n) is 4.99. The van der Waals surface area contributed by atoms with Gasteiger partial charge < -0.3 is 5.11 Å². The van der Waals surface area contributed by atoms with Crippen LogP contribution in [-0.2, 0) is 10.2 Å². The Morgan fingerprint density at radius 3 is 2.50 bits per heavy atom. The van der Waals surface area contributed by atoms with Crippen molar-refractivity contribution in [1.29, 1.82) is 0 Å². The predicted octanol–water partition coefficient (Wildman–Crippen LogP) is -0.313. The molecular weight excluding hydrogens is 204 g/mol. The lowest BCUT2D eigenvalue weighted by Crippen LogP contribution is -2.46. The van der Waals surface area contributed by atoms with Crippen LogP contribution in [0.3, 0.4) is 0 Å². The first-order chi connectivity index (χ1) is 6.56. The summed E-state index contributed by atoms with van der Waals surface area (Å²) in [5.74, 6) is 0. The zero-order chi connectivity index (χ0) is 10.6. The highest BCUT2D eigenvalue weighted by Gasteiger charge is 2.26. The molecule has 5 nitrogen and oxygen atoms in total. The van der Waals surface area contributed by atoms with Crippen LogP contribution < -0.4 is 4.72 Å². The lowest BCUT2D eigenvalue weighted by atomic mass is 10.1. The van der Waals surface area contributed by atoms with Crippen molar-refractivity contribution >= 4 is 10.2 Å². The van der Waals surface area contributed by atoms with Gasteiger partial charge >= 0.3 is 0 Å². The molecule has 6 heteroatoms. The van der Waals surface area contributed by atoms with Gasteiger partial charge in [0.1, 0.15) is 0 Å². The second-order valence-electron chi connectivity index (χ2n) is 3.53. The van der Waals surface area contributed by atoms with Crippen LogP contribution in [0.4, 0.5) is 0 Å². The molecule has 1 heterocycles. The number of aliphatic hydroxyl groups is 1. The van der Waals surface area contributed by atoms with Crippen LogP contribution in [0.5, 0.6) is 0 Å². The van der Waals surface area contributed by atoms with Crippen molar-refractivity contribution in [2.24, 2.45) is 0 Å². The van der Waals surface area contributed by atoms with Gasteiger partial charge in [0.15, 0.2) is 0 Å². The molecule has 1 aliphatic rings. The maximum atomic E-state index is 11.6. The number of nitrogens with zero attached hydrogens (tertiary/aromatic N) is 1. The highest BCUT2D eigenvalue weighted by atomic mass is 32.2. The van der Waals surface area contributed by atoms with E-state index >= 15 is 0 Å². The average Bonchev–Trinajstić information content (AvgIpc) is 2.16. The summed E-state index contributed by atoms with van der Waals surface area (Å²) in [5, 5.41) is 9.23. The predicted molar refractivity (Wildman–Crippen MR) is 54.0 cm³/mol. The highest BCUT2D eigenvalue weighted by Crippen LogP contribution is 2.12. The molecule has 0 spiro atoms. The maximum absolute atomic E-state index is 11.6. The molecular formula is C8H18N2O3S. The summed E-state index contributed by atoms with van der Waals surface area (Å²) in [5.41, 5.74) is 0. The van der Waals surface area contributed by atoms with Crippen molar-refractivity contribution in [2.45, 2.75) is 32.3 Å². The van der Waals surface area contributed by atoms with Crippen LogP contribution in [0.15, 0.2) is 0 Å². The summed E-state index contributed by atoms with van der Waals surface area (Å²) in [6.45, 7) is 3.23. The summed E-state index contributed by atoms with van der Waals surface area (Å²) in [6.07, 6.45) is 1.52.